The van der Waals surface area contributed by atoms with E-state index in [-0.39, 0.29) is 30.2 Å². The number of methoxy groups -OCH3 is 1. The van der Waals surface area contributed by atoms with Gasteiger partial charge in [-0.25, -0.2) is 4.39 Å². The molecule has 2 unspecified atom stereocenters. The van der Waals surface area contributed by atoms with Gasteiger partial charge in [-0.15, -0.1) is 0 Å². The van der Waals surface area contributed by atoms with Gasteiger partial charge in [-0.2, -0.15) is 0 Å². The number of hydrogen-bond acceptors (Lipinski definition) is 3. The van der Waals surface area contributed by atoms with Crippen LogP contribution in [0, 0.1) is 17.7 Å². The van der Waals surface area contributed by atoms with E-state index in [1.807, 2.05) is 17.0 Å². The molecule has 1 amide bonds. The number of carbonyl (C=O) groups excluding carboxylic acids is 1. The first-order valence-corrected chi connectivity index (χ1v) is 10.7. The maximum atomic E-state index is 14.0. The van der Waals surface area contributed by atoms with Crippen LogP contribution in [0.15, 0.2) is 54.6 Å². The molecule has 0 bridgehead atoms. The molecule has 5 heteroatoms. The Morgan fingerprint density at radius 1 is 1.17 bits per heavy atom. The third kappa shape index (κ3) is 6.13. The molecular weight excluding hydrogens is 379 g/mol. The summed E-state index contributed by atoms with van der Waals surface area (Å²) in [5, 5.41) is 0. The fourth-order valence-corrected chi connectivity index (χ4v) is 4.45. The van der Waals surface area contributed by atoms with Crippen LogP contribution < -0.4 is 0 Å². The van der Waals surface area contributed by atoms with Gasteiger partial charge in [0.1, 0.15) is 12.4 Å². The summed E-state index contributed by atoms with van der Waals surface area (Å²) >= 11 is 0. The summed E-state index contributed by atoms with van der Waals surface area (Å²) in [7, 11) is 1.55. The van der Waals surface area contributed by atoms with Crippen molar-refractivity contribution in [3.05, 3.63) is 71.5 Å². The smallest absolute Gasteiger partial charge is 0.248 e. The largest absolute Gasteiger partial charge is 0.375 e. The lowest BCUT2D eigenvalue weighted by Crippen LogP contribution is -2.41. The predicted molar refractivity (Wildman–Crippen MR) is 118 cm³/mol. The maximum absolute atomic E-state index is 14.0. The van der Waals surface area contributed by atoms with E-state index in [9.17, 15) is 9.18 Å². The van der Waals surface area contributed by atoms with E-state index in [0.29, 0.717) is 19.0 Å². The number of nitrogens with zero attached hydrogens (tertiary/aromatic N) is 2. The third-order valence-corrected chi connectivity index (χ3v) is 5.70. The summed E-state index contributed by atoms with van der Waals surface area (Å²) in [5.74, 6) is 0.623. The molecule has 3 rings (SSSR count). The molecule has 1 saturated heterocycles. The lowest BCUT2D eigenvalue weighted by Gasteiger charge is -2.30. The molecule has 1 aliphatic heterocycles. The van der Waals surface area contributed by atoms with Crippen molar-refractivity contribution in [2.24, 2.45) is 11.8 Å². The van der Waals surface area contributed by atoms with Gasteiger partial charge in [0.05, 0.1) is 0 Å². The highest BCUT2D eigenvalue weighted by molar-refractivity contribution is 5.77. The van der Waals surface area contributed by atoms with Crippen molar-refractivity contribution in [1.82, 2.24) is 9.80 Å². The average molecular weight is 413 g/mol. The van der Waals surface area contributed by atoms with Crippen LogP contribution >= 0.6 is 0 Å². The van der Waals surface area contributed by atoms with Gasteiger partial charge in [0.15, 0.2) is 0 Å². The summed E-state index contributed by atoms with van der Waals surface area (Å²) < 4.78 is 19.1. The highest BCUT2D eigenvalue weighted by Gasteiger charge is 2.36. The molecule has 1 fully saturated rings. The summed E-state index contributed by atoms with van der Waals surface area (Å²) in [5.41, 5.74) is 2.28. The Bertz CT molecular complexity index is 812. The fraction of sp³-hybridized carbons (Fsp3) is 0.480. The van der Waals surface area contributed by atoms with Crippen LogP contribution in [0.5, 0.6) is 0 Å². The van der Waals surface area contributed by atoms with Crippen molar-refractivity contribution in [2.45, 2.75) is 26.3 Å². The van der Waals surface area contributed by atoms with Gasteiger partial charge in [0.2, 0.25) is 5.91 Å². The van der Waals surface area contributed by atoms with E-state index >= 15 is 0 Å². The Morgan fingerprint density at radius 2 is 1.93 bits per heavy atom. The zero-order chi connectivity index (χ0) is 21.5. The second kappa shape index (κ2) is 10.7. The van der Waals surface area contributed by atoms with E-state index < -0.39 is 0 Å². The highest BCUT2D eigenvalue weighted by Crippen LogP contribution is 2.34. The molecule has 0 spiro atoms. The second-order valence-electron chi connectivity index (χ2n) is 8.73. The predicted octanol–water partition coefficient (Wildman–Crippen LogP) is 4.17. The zero-order valence-electron chi connectivity index (χ0n) is 18.3. The number of likely N-dealkylation sites (tertiary alicyclic amines) is 1. The number of rotatable bonds is 9. The molecule has 0 N–H and O–H groups in total. The molecule has 30 heavy (non-hydrogen) atoms. The number of ether oxygens (including phenoxy) is 1. The number of benzene rings is 2. The molecule has 1 heterocycles. The third-order valence-electron chi connectivity index (χ3n) is 5.70. The van der Waals surface area contributed by atoms with Gasteiger partial charge in [-0.05, 0) is 35.1 Å². The van der Waals surface area contributed by atoms with Crippen LogP contribution in [0.1, 0.15) is 30.9 Å². The molecule has 0 aliphatic carbocycles. The Kier molecular flexibility index (Phi) is 8.00. The molecule has 162 valence electrons. The summed E-state index contributed by atoms with van der Waals surface area (Å²) in [4.78, 5) is 17.0. The fourth-order valence-electron chi connectivity index (χ4n) is 4.45. The quantitative estimate of drug-likeness (QED) is 0.620. The zero-order valence-corrected chi connectivity index (χ0v) is 18.3. The van der Waals surface area contributed by atoms with E-state index in [2.05, 4.69) is 43.0 Å². The van der Waals surface area contributed by atoms with Gasteiger partial charge >= 0.3 is 0 Å². The van der Waals surface area contributed by atoms with E-state index in [1.54, 1.807) is 19.2 Å². The Hall–Kier alpha value is -2.24. The van der Waals surface area contributed by atoms with Crippen LogP contribution in [-0.4, -0.2) is 55.6 Å². The SMILES string of the molecule is COCC(=O)N(CC(C)C)CC1CN(Cc2ccccc2)CC1c1cccc(F)c1. The Labute approximate surface area is 179 Å². The number of carbonyl (C=O) groups is 1. The van der Waals surface area contributed by atoms with E-state index in [4.69, 9.17) is 4.74 Å². The van der Waals surface area contributed by atoms with Crippen LogP contribution in [0.3, 0.4) is 0 Å². The van der Waals surface area contributed by atoms with Crippen molar-refractivity contribution in [2.75, 3.05) is 39.9 Å². The Morgan fingerprint density at radius 3 is 2.60 bits per heavy atom. The standard InChI is InChI=1S/C25H33FN2O2/c1-19(2)13-28(25(29)18-30-3)16-22-15-27(14-20-8-5-4-6-9-20)17-24(22)21-10-7-11-23(26)12-21/h4-12,19,22,24H,13-18H2,1-3H3. The van der Waals surface area contributed by atoms with Crippen molar-refractivity contribution in [1.29, 1.82) is 0 Å². The molecule has 4 nitrogen and oxygen atoms in total. The van der Waals surface area contributed by atoms with Gasteiger partial charge in [-0.1, -0.05) is 56.3 Å². The molecule has 0 radical (unpaired) electrons. The van der Waals surface area contributed by atoms with E-state index in [0.717, 1.165) is 25.2 Å². The first kappa shape index (κ1) is 22.4. The van der Waals surface area contributed by atoms with Crippen molar-refractivity contribution >= 4 is 5.91 Å². The second-order valence-corrected chi connectivity index (χ2v) is 8.73. The van der Waals surface area contributed by atoms with Crippen LogP contribution in [-0.2, 0) is 16.1 Å². The minimum absolute atomic E-state index is 0.0192. The molecule has 0 saturated carbocycles. The van der Waals surface area contributed by atoms with Gasteiger partial charge in [0.25, 0.3) is 0 Å². The highest BCUT2D eigenvalue weighted by atomic mass is 19.1. The summed E-state index contributed by atoms with van der Waals surface area (Å²) in [6.45, 7) is 8.29. The maximum Gasteiger partial charge on any atom is 0.248 e. The minimum Gasteiger partial charge on any atom is -0.375 e. The van der Waals surface area contributed by atoms with Crippen LogP contribution in [0.4, 0.5) is 4.39 Å². The first-order valence-electron chi connectivity index (χ1n) is 10.7. The van der Waals surface area contributed by atoms with Crippen molar-refractivity contribution in [3.8, 4) is 0 Å². The number of hydrogen-bond donors (Lipinski definition) is 0. The molecular formula is C25H33FN2O2. The van der Waals surface area contributed by atoms with E-state index in [1.165, 1.54) is 11.6 Å². The molecule has 1 aliphatic rings. The lowest BCUT2D eigenvalue weighted by molar-refractivity contribution is -0.136. The summed E-state index contributed by atoms with van der Waals surface area (Å²) in [6, 6.07) is 17.3. The average Bonchev–Trinajstić information content (AvgIpc) is 3.10. The number of halogens is 1. The first-order chi connectivity index (χ1) is 14.5. The van der Waals surface area contributed by atoms with Crippen molar-refractivity contribution < 1.29 is 13.9 Å². The molecule has 2 aromatic rings. The number of amides is 1. The van der Waals surface area contributed by atoms with Crippen LogP contribution in [0.25, 0.3) is 0 Å². The molecule has 0 aromatic heterocycles. The minimum atomic E-state index is -0.206. The van der Waals surface area contributed by atoms with Crippen molar-refractivity contribution in [3.63, 3.8) is 0 Å². The Balaban J connectivity index is 1.80. The molecule has 2 aromatic carbocycles. The van der Waals surface area contributed by atoms with Gasteiger partial charge in [-0.3, -0.25) is 9.69 Å². The molecule has 2 atom stereocenters. The topological polar surface area (TPSA) is 32.8 Å². The van der Waals surface area contributed by atoms with Gasteiger partial charge < -0.3 is 9.64 Å². The van der Waals surface area contributed by atoms with Gasteiger partial charge in [0, 0.05) is 45.8 Å². The summed E-state index contributed by atoms with van der Waals surface area (Å²) in [6.07, 6.45) is 0. The normalized spacial score (nSPS) is 19.4. The lowest BCUT2D eigenvalue weighted by atomic mass is 9.88. The monoisotopic (exact) mass is 412 g/mol. The van der Waals surface area contributed by atoms with Crippen LogP contribution in [0.2, 0.25) is 0 Å².